The molecule has 0 aromatic heterocycles. The average Bonchev–Trinajstić information content (AvgIpc) is 2.69. The van der Waals surface area contributed by atoms with Crippen LogP contribution in [0.1, 0.15) is 79.1 Å². The van der Waals surface area contributed by atoms with E-state index in [0.29, 0.717) is 31.3 Å². The monoisotopic (exact) mass is 386 g/mol. The van der Waals surface area contributed by atoms with Gasteiger partial charge in [-0.25, -0.2) is 0 Å². The maximum absolute atomic E-state index is 12.3. The molecule has 0 rings (SSSR count). The first-order valence-corrected chi connectivity index (χ1v) is 10.7. The van der Waals surface area contributed by atoms with Crippen LogP contribution in [0.15, 0.2) is 0 Å². The molecule has 4 atom stereocenters. The van der Waals surface area contributed by atoms with Gasteiger partial charge in [-0.2, -0.15) is 0 Å². The van der Waals surface area contributed by atoms with Gasteiger partial charge in [0.05, 0.1) is 13.7 Å². The number of esters is 2. The number of rotatable bonds is 16. The van der Waals surface area contributed by atoms with E-state index < -0.39 is 0 Å². The van der Waals surface area contributed by atoms with Crippen LogP contribution >= 0.6 is 0 Å². The molecule has 4 unspecified atom stereocenters. The smallest absolute Gasteiger partial charge is 0.306 e. The first kappa shape index (κ1) is 25.9. The van der Waals surface area contributed by atoms with Crippen LogP contribution in [0.2, 0.25) is 0 Å². The SMILES string of the molecule is CCC(CCOC)C(CC)CCOC(=O)CC(CC)C(CC)CC(=O)OC. The lowest BCUT2D eigenvalue weighted by molar-refractivity contribution is -0.147. The highest BCUT2D eigenvalue weighted by Gasteiger charge is 2.25. The summed E-state index contributed by atoms with van der Waals surface area (Å²) in [5.41, 5.74) is 0. The van der Waals surface area contributed by atoms with Crippen molar-refractivity contribution >= 4 is 11.9 Å². The van der Waals surface area contributed by atoms with Gasteiger partial charge in [-0.3, -0.25) is 9.59 Å². The van der Waals surface area contributed by atoms with Crippen LogP contribution in [-0.2, 0) is 23.8 Å². The summed E-state index contributed by atoms with van der Waals surface area (Å²) in [5.74, 6) is 1.14. The van der Waals surface area contributed by atoms with Gasteiger partial charge in [-0.15, -0.1) is 0 Å². The fourth-order valence-corrected chi connectivity index (χ4v) is 4.00. The summed E-state index contributed by atoms with van der Waals surface area (Å²) in [5, 5.41) is 0. The van der Waals surface area contributed by atoms with Gasteiger partial charge < -0.3 is 14.2 Å². The van der Waals surface area contributed by atoms with Crippen LogP contribution in [0.25, 0.3) is 0 Å². The summed E-state index contributed by atoms with van der Waals surface area (Å²) < 4.78 is 15.5. The lowest BCUT2D eigenvalue weighted by Crippen LogP contribution is -2.23. The highest BCUT2D eigenvalue weighted by atomic mass is 16.5. The molecule has 0 saturated heterocycles. The molecule has 0 heterocycles. The lowest BCUT2D eigenvalue weighted by atomic mass is 9.83. The van der Waals surface area contributed by atoms with E-state index >= 15 is 0 Å². The van der Waals surface area contributed by atoms with Crippen molar-refractivity contribution in [2.45, 2.75) is 79.1 Å². The number of carbonyl (C=O) groups excluding carboxylic acids is 2. The maximum Gasteiger partial charge on any atom is 0.306 e. The van der Waals surface area contributed by atoms with Crippen molar-refractivity contribution in [3.8, 4) is 0 Å². The Balaban J connectivity index is 4.46. The highest BCUT2D eigenvalue weighted by molar-refractivity contribution is 5.71. The molecule has 0 aliphatic rings. The Labute approximate surface area is 166 Å². The number of carbonyl (C=O) groups is 2. The second-order valence-corrected chi connectivity index (χ2v) is 7.45. The van der Waals surface area contributed by atoms with Crippen molar-refractivity contribution in [3.63, 3.8) is 0 Å². The zero-order valence-electron chi connectivity index (χ0n) is 18.4. The molecule has 5 nitrogen and oxygen atoms in total. The molecule has 0 aromatic rings. The van der Waals surface area contributed by atoms with Gasteiger partial charge in [-0.05, 0) is 36.5 Å². The van der Waals surface area contributed by atoms with Crippen molar-refractivity contribution < 1.29 is 23.8 Å². The number of hydrogen-bond acceptors (Lipinski definition) is 5. The Morgan fingerprint density at radius 1 is 0.667 bits per heavy atom. The molecule has 0 spiro atoms. The van der Waals surface area contributed by atoms with Gasteiger partial charge >= 0.3 is 11.9 Å². The third kappa shape index (κ3) is 10.7. The van der Waals surface area contributed by atoms with Crippen LogP contribution in [0.3, 0.4) is 0 Å². The molecule has 0 amide bonds. The highest BCUT2D eigenvalue weighted by Crippen LogP contribution is 2.28. The minimum absolute atomic E-state index is 0.148. The van der Waals surface area contributed by atoms with Crippen LogP contribution in [0, 0.1) is 23.7 Å². The molecule has 27 heavy (non-hydrogen) atoms. The zero-order valence-corrected chi connectivity index (χ0v) is 18.4. The molecule has 0 N–H and O–H groups in total. The number of methoxy groups -OCH3 is 2. The minimum atomic E-state index is -0.207. The summed E-state index contributed by atoms with van der Waals surface area (Å²) in [7, 11) is 3.15. The molecule has 160 valence electrons. The summed E-state index contributed by atoms with van der Waals surface area (Å²) >= 11 is 0. The van der Waals surface area contributed by atoms with Crippen LogP contribution < -0.4 is 0 Å². The molecule has 0 bridgehead atoms. The fourth-order valence-electron chi connectivity index (χ4n) is 4.00. The van der Waals surface area contributed by atoms with E-state index in [4.69, 9.17) is 14.2 Å². The molecule has 0 fully saturated rings. The Bertz CT molecular complexity index is 396. The van der Waals surface area contributed by atoms with Crippen molar-refractivity contribution in [2.75, 3.05) is 27.4 Å². The van der Waals surface area contributed by atoms with Gasteiger partial charge in [0.1, 0.15) is 0 Å². The molecule has 0 radical (unpaired) electrons. The molecular weight excluding hydrogens is 344 g/mol. The maximum atomic E-state index is 12.3. The summed E-state index contributed by atoms with van der Waals surface area (Å²) in [6.45, 7) is 9.79. The lowest BCUT2D eigenvalue weighted by Gasteiger charge is -2.26. The molecular formula is C22H42O5. The van der Waals surface area contributed by atoms with Crippen molar-refractivity contribution in [2.24, 2.45) is 23.7 Å². The number of ether oxygens (including phenoxy) is 3. The van der Waals surface area contributed by atoms with Crippen LogP contribution in [0.5, 0.6) is 0 Å². The minimum Gasteiger partial charge on any atom is -0.469 e. The first-order chi connectivity index (χ1) is 13.0. The van der Waals surface area contributed by atoms with Crippen molar-refractivity contribution in [3.05, 3.63) is 0 Å². The van der Waals surface area contributed by atoms with E-state index in [1.807, 2.05) is 0 Å². The second-order valence-electron chi connectivity index (χ2n) is 7.45. The van der Waals surface area contributed by atoms with E-state index in [1.165, 1.54) is 7.11 Å². The predicted octanol–water partition coefficient (Wildman–Crippen LogP) is 5.01. The Morgan fingerprint density at radius 2 is 1.11 bits per heavy atom. The average molecular weight is 387 g/mol. The van der Waals surface area contributed by atoms with Gasteiger partial charge in [0, 0.05) is 26.6 Å². The topological polar surface area (TPSA) is 61.8 Å². The quantitative estimate of drug-likeness (QED) is 0.349. The third-order valence-electron chi connectivity index (χ3n) is 5.96. The molecule has 5 heteroatoms. The Kier molecular flexibility index (Phi) is 15.3. The third-order valence-corrected chi connectivity index (χ3v) is 5.96. The van der Waals surface area contributed by atoms with Gasteiger partial charge in [0.25, 0.3) is 0 Å². The summed E-state index contributed by atoms with van der Waals surface area (Å²) in [4.78, 5) is 23.9. The van der Waals surface area contributed by atoms with Gasteiger partial charge in [0.2, 0.25) is 0 Å². The van der Waals surface area contributed by atoms with E-state index in [0.717, 1.165) is 45.1 Å². The predicted molar refractivity (Wildman–Crippen MR) is 108 cm³/mol. The van der Waals surface area contributed by atoms with Crippen LogP contribution in [-0.4, -0.2) is 39.4 Å². The second kappa shape index (κ2) is 15.9. The Morgan fingerprint density at radius 3 is 1.52 bits per heavy atom. The fraction of sp³-hybridized carbons (Fsp3) is 0.909. The van der Waals surface area contributed by atoms with E-state index in [-0.39, 0.29) is 23.8 Å². The van der Waals surface area contributed by atoms with E-state index in [2.05, 4.69) is 27.7 Å². The summed E-state index contributed by atoms with van der Waals surface area (Å²) in [6, 6.07) is 0. The molecule has 0 saturated carbocycles. The van der Waals surface area contributed by atoms with Crippen molar-refractivity contribution in [1.82, 2.24) is 0 Å². The molecule has 0 aliphatic heterocycles. The van der Waals surface area contributed by atoms with Gasteiger partial charge in [-0.1, -0.05) is 53.4 Å². The molecule has 0 aromatic carbocycles. The first-order valence-electron chi connectivity index (χ1n) is 10.7. The standard InChI is InChI=1S/C22H42O5/c1-7-17(11-13-25-5)18(8-2)12-14-27-22(24)16-20(10-4)19(9-3)15-21(23)26-6/h17-20H,7-16H2,1-6H3. The Hall–Kier alpha value is -1.10. The molecule has 0 aliphatic carbocycles. The van der Waals surface area contributed by atoms with E-state index in [9.17, 15) is 9.59 Å². The van der Waals surface area contributed by atoms with Crippen LogP contribution in [0.4, 0.5) is 0 Å². The largest absolute Gasteiger partial charge is 0.469 e. The number of hydrogen-bond donors (Lipinski definition) is 0. The zero-order chi connectivity index (χ0) is 20.7. The normalized spacial score (nSPS) is 15.6. The van der Waals surface area contributed by atoms with Gasteiger partial charge in [0.15, 0.2) is 0 Å². The summed E-state index contributed by atoms with van der Waals surface area (Å²) in [6.07, 6.45) is 6.64. The van der Waals surface area contributed by atoms with Crippen molar-refractivity contribution in [1.29, 1.82) is 0 Å². The van der Waals surface area contributed by atoms with E-state index in [1.54, 1.807) is 7.11 Å².